The highest BCUT2D eigenvalue weighted by Gasteiger charge is 2.11. The van der Waals surface area contributed by atoms with Crippen molar-refractivity contribution in [2.24, 2.45) is 4.99 Å². The molecule has 0 amide bonds. The van der Waals surface area contributed by atoms with Gasteiger partial charge in [-0.3, -0.25) is 15.8 Å². The molecule has 54 valence electrons. The molecule has 0 bridgehead atoms. The second-order valence-corrected chi connectivity index (χ2v) is 1.93. The lowest BCUT2D eigenvalue weighted by Crippen LogP contribution is -2.41. The van der Waals surface area contributed by atoms with E-state index in [0.717, 1.165) is 6.54 Å². The molecule has 0 radical (unpaired) electrons. The molecule has 0 aromatic carbocycles. The van der Waals surface area contributed by atoms with Crippen LogP contribution in [0.1, 0.15) is 6.92 Å². The molecule has 1 aliphatic rings. The van der Waals surface area contributed by atoms with E-state index in [1.807, 2.05) is 6.92 Å². The van der Waals surface area contributed by atoms with Crippen LogP contribution in [0.25, 0.3) is 0 Å². The number of amidine groups is 1. The zero-order chi connectivity index (χ0) is 7.56. The average molecular weight is 138 g/mol. The Morgan fingerprint density at radius 2 is 2.60 bits per heavy atom. The third-order valence-electron chi connectivity index (χ3n) is 1.32. The van der Waals surface area contributed by atoms with Crippen LogP contribution in [0.15, 0.2) is 17.3 Å². The second kappa shape index (κ2) is 2.51. The van der Waals surface area contributed by atoms with E-state index in [2.05, 4.69) is 17.0 Å². The molecule has 0 unspecified atom stereocenters. The number of likely N-dealkylation sites (N-methyl/N-ethyl adjacent to an activating group) is 1. The molecule has 0 aliphatic carbocycles. The SMILES string of the molecule is C=C1C(=N)N=CNN1CC. The topological polar surface area (TPSA) is 51.5 Å². The van der Waals surface area contributed by atoms with Crippen molar-refractivity contribution in [2.45, 2.75) is 6.92 Å². The van der Waals surface area contributed by atoms with E-state index in [1.165, 1.54) is 6.34 Å². The normalized spacial score (nSPS) is 17.5. The molecular weight excluding hydrogens is 128 g/mol. The maximum Gasteiger partial charge on any atom is 0.171 e. The molecule has 0 saturated carbocycles. The van der Waals surface area contributed by atoms with Gasteiger partial charge in [0.15, 0.2) is 5.84 Å². The molecular formula is C6H10N4. The summed E-state index contributed by atoms with van der Waals surface area (Å²) >= 11 is 0. The highest BCUT2D eigenvalue weighted by atomic mass is 15.5. The smallest absolute Gasteiger partial charge is 0.171 e. The van der Waals surface area contributed by atoms with Crippen molar-refractivity contribution in [2.75, 3.05) is 6.54 Å². The van der Waals surface area contributed by atoms with E-state index in [-0.39, 0.29) is 5.84 Å². The van der Waals surface area contributed by atoms with Crippen molar-refractivity contribution in [1.82, 2.24) is 10.4 Å². The van der Waals surface area contributed by atoms with Gasteiger partial charge in [-0.15, -0.1) is 0 Å². The Morgan fingerprint density at radius 1 is 1.90 bits per heavy atom. The van der Waals surface area contributed by atoms with Crippen molar-refractivity contribution in [1.29, 1.82) is 5.41 Å². The van der Waals surface area contributed by atoms with E-state index >= 15 is 0 Å². The molecule has 0 saturated heterocycles. The number of rotatable bonds is 1. The summed E-state index contributed by atoms with van der Waals surface area (Å²) in [7, 11) is 0. The summed E-state index contributed by atoms with van der Waals surface area (Å²) in [6.45, 7) is 6.43. The van der Waals surface area contributed by atoms with E-state index in [1.54, 1.807) is 5.01 Å². The zero-order valence-electron chi connectivity index (χ0n) is 5.89. The molecule has 1 heterocycles. The number of hydrogen-bond donors (Lipinski definition) is 2. The predicted molar refractivity (Wildman–Crippen MR) is 40.9 cm³/mol. The van der Waals surface area contributed by atoms with Crippen molar-refractivity contribution < 1.29 is 0 Å². The van der Waals surface area contributed by atoms with Gasteiger partial charge in [0.25, 0.3) is 0 Å². The first-order chi connectivity index (χ1) is 4.75. The van der Waals surface area contributed by atoms with Gasteiger partial charge < -0.3 is 0 Å². The second-order valence-electron chi connectivity index (χ2n) is 1.93. The Labute approximate surface area is 59.7 Å². The summed E-state index contributed by atoms with van der Waals surface area (Å²) in [4.78, 5) is 3.72. The monoisotopic (exact) mass is 138 g/mol. The molecule has 0 fully saturated rings. The summed E-state index contributed by atoms with van der Waals surface area (Å²) in [5, 5.41) is 9.01. The Bertz CT molecular complexity index is 194. The first-order valence-electron chi connectivity index (χ1n) is 3.09. The molecule has 1 rings (SSSR count). The fraction of sp³-hybridized carbons (Fsp3) is 0.333. The molecule has 4 heteroatoms. The Kier molecular flexibility index (Phi) is 1.71. The number of hydrogen-bond acceptors (Lipinski definition) is 3. The number of aliphatic imine (C=N–C) groups is 1. The molecule has 0 aromatic rings. The van der Waals surface area contributed by atoms with Gasteiger partial charge in [0, 0.05) is 6.54 Å². The summed E-state index contributed by atoms with van der Waals surface area (Å²) in [5.41, 5.74) is 3.47. The maximum atomic E-state index is 7.25. The van der Waals surface area contributed by atoms with Crippen LogP contribution >= 0.6 is 0 Å². The average Bonchev–Trinajstić information content (AvgIpc) is 1.95. The summed E-state index contributed by atoms with van der Waals surface area (Å²) in [5.74, 6) is 0.223. The third-order valence-corrected chi connectivity index (χ3v) is 1.32. The van der Waals surface area contributed by atoms with Crippen molar-refractivity contribution in [3.8, 4) is 0 Å². The van der Waals surface area contributed by atoms with Gasteiger partial charge in [-0.25, -0.2) is 4.99 Å². The number of nitrogens with zero attached hydrogens (tertiary/aromatic N) is 2. The van der Waals surface area contributed by atoms with Gasteiger partial charge in [0.05, 0.1) is 5.70 Å². The van der Waals surface area contributed by atoms with Gasteiger partial charge in [-0.2, -0.15) is 0 Å². The lowest BCUT2D eigenvalue weighted by Gasteiger charge is -2.26. The zero-order valence-corrected chi connectivity index (χ0v) is 5.89. The summed E-state index contributed by atoms with van der Waals surface area (Å²) in [6, 6.07) is 0. The van der Waals surface area contributed by atoms with Crippen LogP contribution in [0.4, 0.5) is 0 Å². The molecule has 1 aliphatic heterocycles. The number of hydrazine groups is 1. The minimum Gasteiger partial charge on any atom is -0.288 e. The third kappa shape index (κ3) is 1.00. The molecule has 4 nitrogen and oxygen atoms in total. The van der Waals surface area contributed by atoms with Gasteiger partial charge in [-0.05, 0) is 6.92 Å². The van der Waals surface area contributed by atoms with E-state index in [0.29, 0.717) is 5.70 Å². The van der Waals surface area contributed by atoms with E-state index in [9.17, 15) is 0 Å². The van der Waals surface area contributed by atoms with Gasteiger partial charge in [0.1, 0.15) is 6.34 Å². The minimum atomic E-state index is 0.223. The van der Waals surface area contributed by atoms with Crippen molar-refractivity contribution >= 4 is 12.2 Å². The molecule has 0 atom stereocenters. The van der Waals surface area contributed by atoms with Crippen LogP contribution in [0.5, 0.6) is 0 Å². The van der Waals surface area contributed by atoms with Gasteiger partial charge in [-0.1, -0.05) is 6.58 Å². The van der Waals surface area contributed by atoms with Crippen LogP contribution in [0.3, 0.4) is 0 Å². The Balaban J connectivity index is 2.74. The van der Waals surface area contributed by atoms with Crippen molar-refractivity contribution in [3.63, 3.8) is 0 Å². The fourth-order valence-electron chi connectivity index (χ4n) is 0.726. The Hall–Kier alpha value is -1.32. The fourth-order valence-corrected chi connectivity index (χ4v) is 0.726. The maximum absolute atomic E-state index is 7.25. The summed E-state index contributed by atoms with van der Waals surface area (Å²) in [6.07, 6.45) is 1.49. The Morgan fingerprint density at radius 3 is 3.10 bits per heavy atom. The molecule has 10 heavy (non-hydrogen) atoms. The summed E-state index contributed by atoms with van der Waals surface area (Å²) < 4.78 is 0. The highest BCUT2D eigenvalue weighted by Crippen LogP contribution is 2.02. The lowest BCUT2D eigenvalue weighted by molar-refractivity contribution is 0.336. The molecule has 0 aromatic heterocycles. The highest BCUT2D eigenvalue weighted by molar-refractivity contribution is 6.00. The van der Waals surface area contributed by atoms with Crippen LogP contribution in [0.2, 0.25) is 0 Å². The number of nitrogens with one attached hydrogen (secondary N) is 2. The van der Waals surface area contributed by atoms with Gasteiger partial charge >= 0.3 is 0 Å². The molecule has 0 spiro atoms. The molecule has 2 N–H and O–H groups in total. The van der Waals surface area contributed by atoms with Crippen LogP contribution in [0, 0.1) is 5.41 Å². The van der Waals surface area contributed by atoms with Crippen LogP contribution in [-0.2, 0) is 0 Å². The van der Waals surface area contributed by atoms with E-state index in [4.69, 9.17) is 5.41 Å². The standard InChI is InChI=1S/C6H10N4/c1-3-10-5(2)6(7)8-4-9-10/h4H,2-3H2,1H3,(H2,7,8,9). The largest absolute Gasteiger partial charge is 0.288 e. The van der Waals surface area contributed by atoms with Crippen LogP contribution in [-0.4, -0.2) is 23.7 Å². The van der Waals surface area contributed by atoms with Crippen molar-refractivity contribution in [3.05, 3.63) is 12.3 Å². The van der Waals surface area contributed by atoms with Crippen LogP contribution < -0.4 is 5.43 Å². The van der Waals surface area contributed by atoms with E-state index < -0.39 is 0 Å². The minimum absolute atomic E-state index is 0.223. The first kappa shape index (κ1) is 6.80. The first-order valence-corrected chi connectivity index (χ1v) is 3.09. The quantitative estimate of drug-likeness (QED) is 0.549. The van der Waals surface area contributed by atoms with Gasteiger partial charge in [0.2, 0.25) is 0 Å². The predicted octanol–water partition coefficient (Wildman–Crippen LogP) is 0.346. The lowest BCUT2D eigenvalue weighted by atomic mass is 10.4.